The number of carbonyl (C=O) groups excluding carboxylic acids is 2. The zero-order valence-electron chi connectivity index (χ0n) is 13.6. The van der Waals surface area contributed by atoms with Crippen molar-refractivity contribution in [2.24, 2.45) is 0 Å². The standard InChI is InChI=1S/C17H19N3O5/c21-15(20-25-16-8-4-5-9-23-16)11-18-17(22)13-10-14(24-19-13)12-6-2-1-3-7-12/h1-3,6-7,10,16H,4-5,8-9,11H2,(H,18,22)(H,20,21)/t16-/m0/s1. The average molecular weight is 345 g/mol. The van der Waals surface area contributed by atoms with Gasteiger partial charge in [-0.2, -0.15) is 0 Å². The van der Waals surface area contributed by atoms with Gasteiger partial charge in [-0.3, -0.25) is 9.59 Å². The van der Waals surface area contributed by atoms with Gasteiger partial charge in [0.1, 0.15) is 0 Å². The Kier molecular flexibility index (Phi) is 5.76. The van der Waals surface area contributed by atoms with Crippen LogP contribution in [0.4, 0.5) is 0 Å². The molecule has 3 rings (SSSR count). The van der Waals surface area contributed by atoms with Crippen molar-refractivity contribution in [1.29, 1.82) is 0 Å². The van der Waals surface area contributed by atoms with E-state index in [9.17, 15) is 9.59 Å². The molecular formula is C17H19N3O5. The first kappa shape index (κ1) is 17.1. The molecule has 1 aromatic carbocycles. The van der Waals surface area contributed by atoms with Gasteiger partial charge in [-0.15, -0.1) is 0 Å². The number of nitrogens with one attached hydrogen (secondary N) is 2. The second-order valence-corrected chi connectivity index (χ2v) is 5.56. The summed E-state index contributed by atoms with van der Waals surface area (Å²) in [5.74, 6) is -0.503. The maximum atomic E-state index is 12.0. The molecule has 25 heavy (non-hydrogen) atoms. The summed E-state index contributed by atoms with van der Waals surface area (Å²) in [6.07, 6.45) is 2.28. The molecule has 0 saturated carbocycles. The number of hydrogen-bond donors (Lipinski definition) is 2. The van der Waals surface area contributed by atoms with Crippen LogP contribution in [0.1, 0.15) is 29.8 Å². The molecule has 1 fully saturated rings. The number of nitrogens with zero attached hydrogens (tertiary/aromatic N) is 1. The summed E-state index contributed by atoms with van der Waals surface area (Å²) in [5, 5.41) is 6.18. The predicted octanol–water partition coefficient (Wildman–Crippen LogP) is 1.65. The number of rotatable bonds is 6. The summed E-state index contributed by atoms with van der Waals surface area (Å²) >= 11 is 0. The molecule has 1 aliphatic heterocycles. The van der Waals surface area contributed by atoms with Gasteiger partial charge in [-0.1, -0.05) is 35.5 Å². The maximum Gasteiger partial charge on any atom is 0.273 e. The Hall–Kier alpha value is -2.71. The van der Waals surface area contributed by atoms with E-state index in [-0.39, 0.29) is 12.2 Å². The van der Waals surface area contributed by atoms with Crippen molar-refractivity contribution in [3.63, 3.8) is 0 Å². The van der Waals surface area contributed by atoms with Gasteiger partial charge in [0, 0.05) is 24.7 Å². The van der Waals surface area contributed by atoms with Gasteiger partial charge < -0.3 is 14.6 Å². The van der Waals surface area contributed by atoms with Gasteiger partial charge in [0.2, 0.25) is 0 Å². The van der Waals surface area contributed by atoms with Crippen molar-refractivity contribution in [2.75, 3.05) is 13.2 Å². The zero-order chi connectivity index (χ0) is 17.5. The van der Waals surface area contributed by atoms with Crippen molar-refractivity contribution in [3.8, 4) is 11.3 Å². The van der Waals surface area contributed by atoms with Gasteiger partial charge in [-0.05, 0) is 12.8 Å². The van der Waals surface area contributed by atoms with Crippen LogP contribution < -0.4 is 10.8 Å². The minimum absolute atomic E-state index is 0.100. The van der Waals surface area contributed by atoms with E-state index in [1.54, 1.807) is 0 Å². The lowest BCUT2D eigenvalue weighted by Gasteiger charge is -2.22. The number of hydrogen-bond acceptors (Lipinski definition) is 6. The minimum Gasteiger partial charge on any atom is -0.355 e. The molecule has 0 aliphatic carbocycles. The molecule has 2 amide bonds. The third-order valence-electron chi connectivity index (χ3n) is 3.65. The van der Waals surface area contributed by atoms with Crippen LogP contribution in [0.5, 0.6) is 0 Å². The smallest absolute Gasteiger partial charge is 0.273 e. The molecule has 132 valence electrons. The fraction of sp³-hybridized carbons (Fsp3) is 0.353. The summed E-state index contributed by atoms with van der Waals surface area (Å²) in [4.78, 5) is 28.9. The van der Waals surface area contributed by atoms with E-state index in [0.29, 0.717) is 12.4 Å². The minimum atomic E-state index is -0.505. The number of carbonyl (C=O) groups is 2. The van der Waals surface area contributed by atoms with Crippen molar-refractivity contribution in [3.05, 3.63) is 42.1 Å². The van der Waals surface area contributed by atoms with E-state index in [1.807, 2.05) is 30.3 Å². The Morgan fingerprint density at radius 3 is 2.84 bits per heavy atom. The lowest BCUT2D eigenvalue weighted by Crippen LogP contribution is -2.40. The van der Waals surface area contributed by atoms with Gasteiger partial charge >= 0.3 is 0 Å². The van der Waals surface area contributed by atoms with E-state index in [4.69, 9.17) is 14.1 Å². The Bertz CT molecular complexity index is 710. The first-order valence-electron chi connectivity index (χ1n) is 8.09. The highest BCUT2D eigenvalue weighted by Gasteiger charge is 2.17. The van der Waals surface area contributed by atoms with E-state index in [2.05, 4.69) is 16.0 Å². The lowest BCUT2D eigenvalue weighted by atomic mass is 10.1. The topological polar surface area (TPSA) is 103 Å². The van der Waals surface area contributed by atoms with Crippen LogP contribution in [0, 0.1) is 0 Å². The van der Waals surface area contributed by atoms with Gasteiger partial charge in [-0.25, -0.2) is 10.3 Å². The zero-order valence-corrected chi connectivity index (χ0v) is 13.6. The van der Waals surface area contributed by atoms with Crippen LogP contribution in [0.3, 0.4) is 0 Å². The summed E-state index contributed by atoms with van der Waals surface area (Å²) in [6.45, 7) is 0.381. The molecule has 1 aromatic heterocycles. The predicted molar refractivity (Wildman–Crippen MR) is 87.1 cm³/mol. The van der Waals surface area contributed by atoms with Crippen molar-refractivity contribution < 1.29 is 23.7 Å². The monoisotopic (exact) mass is 345 g/mol. The molecule has 2 heterocycles. The highest BCUT2D eigenvalue weighted by atomic mass is 16.8. The molecule has 1 atom stereocenters. The third-order valence-corrected chi connectivity index (χ3v) is 3.65. The van der Waals surface area contributed by atoms with Crippen molar-refractivity contribution in [1.82, 2.24) is 16.0 Å². The Labute approximate surface area is 144 Å². The average Bonchev–Trinajstić information content (AvgIpc) is 3.16. The van der Waals surface area contributed by atoms with Crippen LogP contribution >= 0.6 is 0 Å². The van der Waals surface area contributed by atoms with Crippen LogP contribution in [-0.4, -0.2) is 36.4 Å². The number of hydroxylamine groups is 1. The molecule has 0 radical (unpaired) electrons. The Morgan fingerprint density at radius 2 is 2.08 bits per heavy atom. The van der Waals surface area contributed by atoms with Crippen LogP contribution in [0.15, 0.2) is 40.9 Å². The SMILES string of the molecule is O=C(CNC(=O)c1cc(-c2ccccc2)on1)NO[C@H]1CCCCO1. The summed E-state index contributed by atoms with van der Waals surface area (Å²) in [6, 6.07) is 10.8. The second-order valence-electron chi connectivity index (χ2n) is 5.56. The molecule has 2 aromatic rings. The molecule has 1 aliphatic rings. The van der Waals surface area contributed by atoms with Crippen LogP contribution in [0.25, 0.3) is 11.3 Å². The Morgan fingerprint density at radius 1 is 1.24 bits per heavy atom. The molecule has 2 N–H and O–H groups in total. The largest absolute Gasteiger partial charge is 0.355 e. The molecule has 0 unspecified atom stereocenters. The van der Waals surface area contributed by atoms with Gasteiger partial charge in [0.15, 0.2) is 17.7 Å². The fourth-order valence-electron chi connectivity index (χ4n) is 2.34. The first-order valence-corrected chi connectivity index (χ1v) is 8.09. The summed E-state index contributed by atoms with van der Waals surface area (Å²) in [7, 11) is 0. The molecular weight excluding hydrogens is 326 g/mol. The summed E-state index contributed by atoms with van der Waals surface area (Å²) < 4.78 is 10.5. The fourth-order valence-corrected chi connectivity index (χ4v) is 2.34. The lowest BCUT2D eigenvalue weighted by molar-refractivity contribution is -0.200. The maximum absolute atomic E-state index is 12.0. The van der Waals surface area contributed by atoms with Crippen molar-refractivity contribution >= 4 is 11.8 Å². The highest BCUT2D eigenvalue weighted by Crippen LogP contribution is 2.19. The molecule has 8 heteroatoms. The number of amides is 2. The molecule has 1 saturated heterocycles. The summed E-state index contributed by atoms with van der Waals surface area (Å²) in [5.41, 5.74) is 3.18. The molecule has 0 spiro atoms. The van der Waals surface area contributed by atoms with Gasteiger partial charge in [0.05, 0.1) is 6.54 Å². The Balaban J connectivity index is 1.44. The number of benzene rings is 1. The van der Waals surface area contributed by atoms with E-state index >= 15 is 0 Å². The quantitative estimate of drug-likeness (QED) is 0.772. The second kappa shape index (κ2) is 8.41. The third kappa shape index (κ3) is 4.88. The normalized spacial score (nSPS) is 17.0. The van der Waals surface area contributed by atoms with E-state index < -0.39 is 18.1 Å². The highest BCUT2D eigenvalue weighted by molar-refractivity contribution is 5.95. The number of aromatic nitrogens is 1. The van der Waals surface area contributed by atoms with E-state index in [0.717, 1.165) is 24.8 Å². The van der Waals surface area contributed by atoms with Gasteiger partial charge in [0.25, 0.3) is 11.8 Å². The van der Waals surface area contributed by atoms with Crippen LogP contribution in [0.2, 0.25) is 0 Å². The molecule has 8 nitrogen and oxygen atoms in total. The van der Waals surface area contributed by atoms with E-state index in [1.165, 1.54) is 6.07 Å². The van der Waals surface area contributed by atoms with Crippen LogP contribution in [-0.2, 0) is 14.4 Å². The first-order chi connectivity index (χ1) is 12.2. The van der Waals surface area contributed by atoms with Crippen molar-refractivity contribution in [2.45, 2.75) is 25.6 Å². The molecule has 0 bridgehead atoms. The number of ether oxygens (including phenoxy) is 1.